The van der Waals surface area contributed by atoms with Crippen molar-refractivity contribution in [3.63, 3.8) is 0 Å². The minimum atomic E-state index is -0.992. The Morgan fingerprint density at radius 1 is 1.33 bits per heavy atom. The zero-order valence-corrected chi connectivity index (χ0v) is 11.2. The minimum Gasteiger partial charge on any atom is -0.385 e. The van der Waals surface area contributed by atoms with E-state index in [2.05, 4.69) is 0 Å². The Bertz CT molecular complexity index is 499. The van der Waals surface area contributed by atoms with E-state index in [1.165, 1.54) is 6.07 Å². The smallest absolute Gasteiger partial charge is 0.126 e. The van der Waals surface area contributed by atoms with Crippen molar-refractivity contribution in [2.24, 2.45) is 0 Å². The third-order valence-corrected chi connectivity index (χ3v) is 6.43. The lowest BCUT2D eigenvalue weighted by Gasteiger charge is -2.36. The highest BCUT2D eigenvalue weighted by molar-refractivity contribution is 7.86. The highest BCUT2D eigenvalue weighted by atomic mass is 32.2. The first kappa shape index (κ1) is 12.3. The second-order valence-electron chi connectivity index (χ2n) is 5.55. The van der Waals surface area contributed by atoms with Crippen molar-refractivity contribution >= 4 is 10.8 Å². The van der Waals surface area contributed by atoms with Crippen LogP contribution in [0.4, 0.5) is 4.39 Å². The quantitative estimate of drug-likeness (QED) is 0.849. The molecule has 0 amide bonds. The highest BCUT2D eigenvalue weighted by Crippen LogP contribution is 2.45. The van der Waals surface area contributed by atoms with E-state index in [-0.39, 0.29) is 16.3 Å². The van der Waals surface area contributed by atoms with Gasteiger partial charge < -0.3 is 5.11 Å². The van der Waals surface area contributed by atoms with Crippen LogP contribution in [0.5, 0.6) is 0 Å². The first-order valence-electron chi connectivity index (χ1n) is 6.38. The molecule has 0 spiro atoms. The summed E-state index contributed by atoms with van der Waals surface area (Å²) in [6, 6.07) is 4.94. The Morgan fingerprint density at radius 3 is 2.50 bits per heavy atom. The van der Waals surface area contributed by atoms with Crippen LogP contribution in [-0.4, -0.2) is 19.8 Å². The van der Waals surface area contributed by atoms with Gasteiger partial charge in [-0.15, -0.1) is 0 Å². The number of aryl methyl sites for hydroxylation is 1. The molecule has 1 N–H and O–H groups in total. The van der Waals surface area contributed by atoms with Crippen LogP contribution >= 0.6 is 0 Å². The van der Waals surface area contributed by atoms with Crippen molar-refractivity contribution in [1.82, 2.24) is 0 Å². The van der Waals surface area contributed by atoms with Gasteiger partial charge >= 0.3 is 0 Å². The normalized spacial score (nSPS) is 38.9. The second-order valence-corrected chi connectivity index (χ2v) is 7.54. The molecule has 2 aliphatic rings. The van der Waals surface area contributed by atoms with E-state index in [4.69, 9.17) is 0 Å². The maximum atomic E-state index is 13.6. The summed E-state index contributed by atoms with van der Waals surface area (Å²) in [6.07, 6.45) is 2.85. The molecule has 18 heavy (non-hydrogen) atoms. The molecule has 0 radical (unpaired) electrons. The van der Waals surface area contributed by atoms with Crippen molar-refractivity contribution in [1.29, 1.82) is 0 Å². The third kappa shape index (κ3) is 1.82. The largest absolute Gasteiger partial charge is 0.385 e. The molecule has 2 bridgehead atoms. The van der Waals surface area contributed by atoms with Crippen molar-refractivity contribution in [2.45, 2.75) is 48.7 Å². The number of aliphatic hydroxyl groups is 1. The fourth-order valence-corrected chi connectivity index (χ4v) is 5.36. The molecule has 1 aromatic carbocycles. The number of hydrogen-bond donors (Lipinski definition) is 1. The average molecular weight is 268 g/mol. The zero-order valence-electron chi connectivity index (χ0n) is 10.4. The van der Waals surface area contributed by atoms with Crippen molar-refractivity contribution in [3.05, 3.63) is 35.1 Å². The molecular formula is C14H17FO2S. The molecular weight excluding hydrogens is 251 g/mol. The van der Waals surface area contributed by atoms with E-state index in [9.17, 15) is 13.7 Å². The van der Waals surface area contributed by atoms with Gasteiger partial charge in [-0.25, -0.2) is 4.39 Å². The molecule has 4 heteroatoms. The van der Waals surface area contributed by atoms with Crippen LogP contribution in [-0.2, 0) is 16.4 Å². The maximum absolute atomic E-state index is 13.6. The lowest BCUT2D eigenvalue weighted by atomic mass is 9.85. The van der Waals surface area contributed by atoms with Crippen LogP contribution in [0.1, 0.15) is 36.8 Å². The van der Waals surface area contributed by atoms with Gasteiger partial charge in [-0.3, -0.25) is 4.21 Å². The maximum Gasteiger partial charge on any atom is 0.126 e. The molecule has 3 rings (SSSR count). The Morgan fingerprint density at radius 2 is 1.94 bits per heavy atom. The van der Waals surface area contributed by atoms with E-state index < -0.39 is 16.4 Å². The predicted octanol–water partition coefficient (Wildman–Crippen LogP) is 2.40. The minimum absolute atomic E-state index is 0.0816. The lowest BCUT2D eigenvalue weighted by molar-refractivity contribution is 0.0182. The van der Waals surface area contributed by atoms with Crippen LogP contribution in [0.25, 0.3) is 0 Å². The van der Waals surface area contributed by atoms with Crippen molar-refractivity contribution in [3.8, 4) is 0 Å². The van der Waals surface area contributed by atoms with Gasteiger partial charge in [-0.05, 0) is 49.8 Å². The first-order chi connectivity index (χ1) is 8.49. The standard InChI is InChI=1S/C14H17FO2S/c1-9-2-3-10(6-13(9)15)14(16)7-11-4-5-12(8-14)18(11)17/h2-3,6,11-12,16H,4-5,7-8H2,1H3. The van der Waals surface area contributed by atoms with Gasteiger partial charge in [0.15, 0.2) is 0 Å². The van der Waals surface area contributed by atoms with Crippen LogP contribution in [0, 0.1) is 12.7 Å². The van der Waals surface area contributed by atoms with Gasteiger partial charge in [0.1, 0.15) is 5.82 Å². The third-order valence-electron chi connectivity index (χ3n) is 4.31. The molecule has 0 saturated carbocycles. The number of fused-ring (bicyclic) bond motifs is 2. The average Bonchev–Trinajstić information content (AvgIpc) is 2.57. The summed E-state index contributed by atoms with van der Waals surface area (Å²) in [6.45, 7) is 1.71. The van der Waals surface area contributed by atoms with Gasteiger partial charge in [0, 0.05) is 21.3 Å². The van der Waals surface area contributed by atoms with E-state index in [0.29, 0.717) is 24.0 Å². The molecule has 2 fully saturated rings. The van der Waals surface area contributed by atoms with Crippen LogP contribution in [0.15, 0.2) is 18.2 Å². The molecule has 2 heterocycles. The van der Waals surface area contributed by atoms with Crippen molar-refractivity contribution < 1.29 is 13.7 Å². The number of benzene rings is 1. The van der Waals surface area contributed by atoms with Gasteiger partial charge in [0.05, 0.1) is 5.60 Å². The van der Waals surface area contributed by atoms with Gasteiger partial charge in [0.2, 0.25) is 0 Å². The summed E-state index contributed by atoms with van der Waals surface area (Å²) in [7, 11) is -0.802. The Hall–Kier alpha value is -0.740. The molecule has 2 nitrogen and oxygen atoms in total. The molecule has 2 aliphatic heterocycles. The molecule has 2 saturated heterocycles. The van der Waals surface area contributed by atoms with Crippen molar-refractivity contribution in [2.75, 3.05) is 0 Å². The monoisotopic (exact) mass is 268 g/mol. The van der Waals surface area contributed by atoms with Gasteiger partial charge in [0.25, 0.3) is 0 Å². The fraction of sp³-hybridized carbons (Fsp3) is 0.571. The topological polar surface area (TPSA) is 37.3 Å². The summed E-state index contributed by atoms with van der Waals surface area (Å²) in [5.74, 6) is -0.278. The predicted molar refractivity (Wildman–Crippen MR) is 69.2 cm³/mol. The lowest BCUT2D eigenvalue weighted by Crippen LogP contribution is -2.40. The van der Waals surface area contributed by atoms with E-state index in [1.54, 1.807) is 19.1 Å². The van der Waals surface area contributed by atoms with E-state index in [0.717, 1.165) is 12.8 Å². The zero-order chi connectivity index (χ0) is 12.9. The fourth-order valence-electron chi connectivity index (χ4n) is 3.20. The van der Waals surface area contributed by atoms with Crippen LogP contribution in [0.3, 0.4) is 0 Å². The summed E-state index contributed by atoms with van der Waals surface area (Å²) < 4.78 is 25.6. The van der Waals surface area contributed by atoms with E-state index >= 15 is 0 Å². The number of rotatable bonds is 1. The summed E-state index contributed by atoms with van der Waals surface area (Å²) in [4.78, 5) is 0. The molecule has 98 valence electrons. The Labute approximate surface area is 109 Å². The van der Waals surface area contributed by atoms with Gasteiger partial charge in [-0.1, -0.05) is 12.1 Å². The Kier molecular flexibility index (Phi) is 2.83. The Balaban J connectivity index is 1.96. The van der Waals surface area contributed by atoms with Gasteiger partial charge in [-0.2, -0.15) is 0 Å². The number of halogens is 1. The summed E-state index contributed by atoms with van der Waals surface area (Å²) in [5, 5.41) is 10.9. The first-order valence-corrected chi connectivity index (χ1v) is 7.65. The molecule has 2 unspecified atom stereocenters. The van der Waals surface area contributed by atoms with Crippen LogP contribution in [0.2, 0.25) is 0 Å². The van der Waals surface area contributed by atoms with Crippen LogP contribution < -0.4 is 0 Å². The second kappa shape index (κ2) is 4.14. The SMILES string of the molecule is Cc1ccc(C2(O)CC3CCC(C2)S3=O)cc1F. The molecule has 2 atom stereocenters. The summed E-state index contributed by atoms with van der Waals surface area (Å²) in [5.41, 5.74) is 0.234. The molecule has 0 aromatic heterocycles. The molecule has 1 aromatic rings. The highest BCUT2D eigenvalue weighted by Gasteiger charge is 2.48. The number of hydrogen-bond acceptors (Lipinski definition) is 2. The van der Waals surface area contributed by atoms with E-state index in [1.807, 2.05) is 0 Å². The summed E-state index contributed by atoms with van der Waals surface area (Å²) >= 11 is 0. The molecule has 0 aliphatic carbocycles.